The van der Waals surface area contributed by atoms with Crippen molar-refractivity contribution in [3.05, 3.63) is 52.2 Å². The van der Waals surface area contributed by atoms with Crippen molar-refractivity contribution in [1.29, 1.82) is 0 Å². The van der Waals surface area contributed by atoms with Crippen LogP contribution in [-0.2, 0) is 27.7 Å². The first-order valence-electron chi connectivity index (χ1n) is 14.0. The van der Waals surface area contributed by atoms with Gasteiger partial charge < -0.3 is 19.7 Å². The molecule has 1 spiro atoms. The van der Waals surface area contributed by atoms with Crippen molar-refractivity contribution in [2.45, 2.75) is 89.8 Å². The highest BCUT2D eigenvalue weighted by Gasteiger charge is 2.55. The zero-order valence-corrected chi connectivity index (χ0v) is 24.1. The van der Waals surface area contributed by atoms with Crippen molar-refractivity contribution in [1.82, 2.24) is 19.8 Å². The molecule has 224 valence electrons. The lowest BCUT2D eigenvalue weighted by atomic mass is 9.90. The molecule has 3 aliphatic rings. The second-order valence-electron chi connectivity index (χ2n) is 12.2. The molecule has 2 aromatic rings. The quantitative estimate of drug-likeness (QED) is 0.449. The van der Waals surface area contributed by atoms with E-state index in [4.69, 9.17) is 14.5 Å². The molecule has 12 heteroatoms. The van der Waals surface area contributed by atoms with Crippen LogP contribution in [0.5, 0.6) is 0 Å². The van der Waals surface area contributed by atoms with E-state index in [9.17, 15) is 22.4 Å². The number of nitrogens with zero attached hydrogens (tertiary/aromatic N) is 4. The second-order valence-corrected chi connectivity index (χ2v) is 12.2. The molecule has 1 amide bonds. The maximum absolute atomic E-state index is 15.0. The van der Waals surface area contributed by atoms with E-state index in [0.29, 0.717) is 50.9 Å². The molecule has 1 aromatic carbocycles. The Hall–Kier alpha value is -2.99. The first kappa shape index (κ1) is 29.5. The summed E-state index contributed by atoms with van der Waals surface area (Å²) < 4.78 is 66.5. The van der Waals surface area contributed by atoms with Gasteiger partial charge in [0.25, 0.3) is 0 Å². The van der Waals surface area contributed by atoms with Crippen LogP contribution in [-0.4, -0.2) is 63.8 Å². The molecular weight excluding hydrogens is 542 g/mol. The van der Waals surface area contributed by atoms with E-state index in [1.165, 1.54) is 12.1 Å². The number of carbonyl (C=O) groups excluding carboxylic acids is 1. The van der Waals surface area contributed by atoms with Crippen LogP contribution >= 0.6 is 0 Å². The maximum Gasteiger partial charge on any atom is 0.419 e. The number of rotatable bonds is 4. The third-order valence-corrected chi connectivity index (χ3v) is 8.12. The number of aromatic nitrogens is 2. The predicted molar refractivity (Wildman–Crippen MR) is 144 cm³/mol. The molecule has 0 aliphatic carbocycles. The largest absolute Gasteiger partial charge is 0.444 e. The topological polar surface area (TPSA) is 79.8 Å². The van der Waals surface area contributed by atoms with E-state index in [1.807, 2.05) is 20.8 Å². The maximum atomic E-state index is 15.0. The van der Waals surface area contributed by atoms with Gasteiger partial charge in [0.05, 0.1) is 22.8 Å². The predicted octanol–water partition coefficient (Wildman–Crippen LogP) is 5.95. The third kappa shape index (κ3) is 5.73. The van der Waals surface area contributed by atoms with Gasteiger partial charge in [-0.05, 0) is 59.9 Å². The van der Waals surface area contributed by atoms with Gasteiger partial charge in [-0.3, -0.25) is 4.90 Å². The first-order chi connectivity index (χ1) is 19.2. The number of halogens is 4. The average molecular weight is 580 g/mol. The minimum absolute atomic E-state index is 0.101. The Morgan fingerprint density at radius 1 is 1.20 bits per heavy atom. The van der Waals surface area contributed by atoms with Crippen LogP contribution < -0.4 is 5.32 Å². The fourth-order valence-corrected chi connectivity index (χ4v) is 6.27. The molecular formula is C29H37F4N5O3. The van der Waals surface area contributed by atoms with E-state index in [0.717, 1.165) is 30.2 Å². The Labute approximate surface area is 237 Å². The van der Waals surface area contributed by atoms with Gasteiger partial charge >= 0.3 is 12.3 Å². The number of hydrogen-bond acceptors (Lipinski definition) is 7. The SMILES string of the molecule is Cc1nc(N[C@H](C)c2cccc(C(F)(F)F)c2F)c2c(n1)C1(CCN(C(=O)OC(C)(C)C)C1)N(C1CCOCC1)C2. The van der Waals surface area contributed by atoms with E-state index in [-0.39, 0.29) is 17.7 Å². The Kier molecular flexibility index (Phi) is 7.69. The van der Waals surface area contributed by atoms with Gasteiger partial charge in [-0.1, -0.05) is 12.1 Å². The summed E-state index contributed by atoms with van der Waals surface area (Å²) in [6.07, 6.45) is -2.89. The molecule has 8 nitrogen and oxygen atoms in total. The summed E-state index contributed by atoms with van der Waals surface area (Å²) in [5, 5.41) is 3.20. The highest BCUT2D eigenvalue weighted by molar-refractivity contribution is 5.69. The molecule has 0 radical (unpaired) electrons. The molecule has 1 N–H and O–H groups in total. The number of nitrogens with one attached hydrogen (secondary N) is 1. The Morgan fingerprint density at radius 2 is 1.90 bits per heavy atom. The molecule has 3 aliphatic heterocycles. The number of amides is 1. The van der Waals surface area contributed by atoms with E-state index >= 15 is 0 Å². The Bertz CT molecular complexity index is 1310. The number of carbonyl (C=O) groups is 1. The molecule has 5 rings (SSSR count). The van der Waals surface area contributed by atoms with Crippen molar-refractivity contribution in [2.24, 2.45) is 0 Å². The summed E-state index contributed by atoms with van der Waals surface area (Å²) in [5.41, 5.74) is -1.01. The zero-order valence-electron chi connectivity index (χ0n) is 24.1. The van der Waals surface area contributed by atoms with Gasteiger partial charge in [-0.2, -0.15) is 13.2 Å². The zero-order chi connectivity index (χ0) is 29.7. The van der Waals surface area contributed by atoms with Gasteiger partial charge in [0.2, 0.25) is 0 Å². The number of aryl methyl sites for hydroxylation is 1. The number of fused-ring (bicyclic) bond motifs is 2. The number of anilines is 1. The Morgan fingerprint density at radius 3 is 2.56 bits per heavy atom. The van der Waals surface area contributed by atoms with Gasteiger partial charge in [0.1, 0.15) is 23.1 Å². The van der Waals surface area contributed by atoms with E-state index < -0.39 is 34.7 Å². The van der Waals surface area contributed by atoms with Crippen LogP contribution in [0.4, 0.5) is 28.2 Å². The minimum atomic E-state index is -4.80. The van der Waals surface area contributed by atoms with Gasteiger partial charge in [-0.25, -0.2) is 19.2 Å². The van der Waals surface area contributed by atoms with E-state index in [1.54, 1.807) is 18.7 Å². The molecule has 2 fully saturated rings. The van der Waals surface area contributed by atoms with Crippen LogP contribution in [0.15, 0.2) is 18.2 Å². The number of alkyl halides is 3. The minimum Gasteiger partial charge on any atom is -0.444 e. The number of hydrogen-bond donors (Lipinski definition) is 1. The first-order valence-corrected chi connectivity index (χ1v) is 14.0. The lowest BCUT2D eigenvalue weighted by Gasteiger charge is -2.42. The summed E-state index contributed by atoms with van der Waals surface area (Å²) in [7, 11) is 0. The average Bonchev–Trinajstić information content (AvgIpc) is 3.46. The lowest BCUT2D eigenvalue weighted by molar-refractivity contribution is -0.140. The number of benzene rings is 1. The van der Waals surface area contributed by atoms with Crippen LogP contribution in [0.25, 0.3) is 0 Å². The molecule has 2 atom stereocenters. The molecule has 1 unspecified atom stereocenters. The normalized spacial score (nSPS) is 22.7. The van der Waals surface area contributed by atoms with Gasteiger partial charge in [0, 0.05) is 50.0 Å². The van der Waals surface area contributed by atoms with Crippen LogP contribution in [0.2, 0.25) is 0 Å². The van der Waals surface area contributed by atoms with Crippen molar-refractivity contribution in [3.8, 4) is 0 Å². The van der Waals surface area contributed by atoms with Crippen LogP contribution in [0, 0.1) is 12.7 Å². The highest BCUT2D eigenvalue weighted by atomic mass is 19.4. The summed E-state index contributed by atoms with van der Waals surface area (Å²) in [6.45, 7) is 11.5. The van der Waals surface area contributed by atoms with Crippen molar-refractivity contribution in [3.63, 3.8) is 0 Å². The van der Waals surface area contributed by atoms with Crippen molar-refractivity contribution < 1.29 is 31.8 Å². The van der Waals surface area contributed by atoms with E-state index in [2.05, 4.69) is 15.2 Å². The molecule has 4 heterocycles. The highest BCUT2D eigenvalue weighted by Crippen LogP contribution is 2.49. The molecule has 41 heavy (non-hydrogen) atoms. The van der Waals surface area contributed by atoms with Crippen LogP contribution in [0.3, 0.4) is 0 Å². The number of ether oxygens (including phenoxy) is 2. The summed E-state index contributed by atoms with van der Waals surface area (Å²) in [6, 6.07) is 2.68. The Balaban J connectivity index is 1.51. The molecule has 1 aromatic heterocycles. The fourth-order valence-electron chi connectivity index (χ4n) is 6.27. The molecule has 0 saturated carbocycles. The fraction of sp³-hybridized carbons (Fsp3) is 0.621. The lowest BCUT2D eigenvalue weighted by Crippen LogP contribution is -2.51. The van der Waals surface area contributed by atoms with Crippen molar-refractivity contribution >= 4 is 11.9 Å². The summed E-state index contributed by atoms with van der Waals surface area (Å²) in [4.78, 5) is 26.7. The van der Waals surface area contributed by atoms with Crippen molar-refractivity contribution in [2.75, 3.05) is 31.6 Å². The van der Waals surface area contributed by atoms with Crippen LogP contribution in [0.1, 0.15) is 81.2 Å². The van der Waals surface area contributed by atoms with Gasteiger partial charge in [0.15, 0.2) is 0 Å². The monoisotopic (exact) mass is 579 g/mol. The second kappa shape index (κ2) is 10.7. The molecule has 2 saturated heterocycles. The standard InChI is InChI=1S/C29H37F4N5O3/c1-17(20-7-6-8-22(23(20)30)29(31,32)33)34-25-21-15-38(19-9-13-40-14-10-19)28(24(21)35-18(2)36-25)11-12-37(16-28)26(39)41-27(3,4)5/h6-8,17,19H,9-16H2,1-5H3,(H,34,35,36)/t17-,28?/m1/s1. The smallest absolute Gasteiger partial charge is 0.419 e. The third-order valence-electron chi connectivity index (χ3n) is 8.12. The summed E-state index contributed by atoms with van der Waals surface area (Å²) in [5.74, 6) is -0.361. The number of likely N-dealkylation sites (tertiary alicyclic amines) is 1. The molecule has 0 bridgehead atoms. The van der Waals surface area contributed by atoms with Gasteiger partial charge in [-0.15, -0.1) is 0 Å². The summed E-state index contributed by atoms with van der Waals surface area (Å²) >= 11 is 0.